The van der Waals surface area contributed by atoms with E-state index in [-0.39, 0.29) is 17.6 Å². The van der Waals surface area contributed by atoms with Crippen molar-refractivity contribution in [2.24, 2.45) is 7.05 Å². The van der Waals surface area contributed by atoms with E-state index in [2.05, 4.69) is 25.7 Å². The standard InChI is InChI=1S/C25H30N8O3S/c1-30-10-4-5-20(30)23(35)29-28-22(34)19-17-37-24(27-19)18-7-11-32(12-8-18)25(36)33-15-13-31(14-16-33)21-6-2-3-9-26-21/h2-6,9-10,17-18H,7-8,11-16H2,1H3,(H,28,34)(H,29,35). The fraction of sp³-hybridized carbons (Fsp3) is 0.400. The summed E-state index contributed by atoms with van der Waals surface area (Å²) in [4.78, 5) is 52.7. The monoisotopic (exact) mass is 522 g/mol. The molecule has 37 heavy (non-hydrogen) atoms. The molecule has 5 heterocycles. The summed E-state index contributed by atoms with van der Waals surface area (Å²) in [5.74, 6) is 0.300. The first-order valence-corrected chi connectivity index (χ1v) is 13.2. The molecule has 0 unspecified atom stereocenters. The van der Waals surface area contributed by atoms with Crippen LogP contribution in [-0.4, -0.2) is 81.4 Å². The molecule has 4 amide bonds. The maximum atomic E-state index is 13.1. The molecule has 0 bridgehead atoms. The van der Waals surface area contributed by atoms with Gasteiger partial charge in [-0.2, -0.15) is 0 Å². The largest absolute Gasteiger partial charge is 0.353 e. The summed E-state index contributed by atoms with van der Waals surface area (Å²) in [7, 11) is 1.76. The van der Waals surface area contributed by atoms with Gasteiger partial charge in [-0.1, -0.05) is 6.07 Å². The number of pyridine rings is 1. The first kappa shape index (κ1) is 24.8. The van der Waals surface area contributed by atoms with Crippen molar-refractivity contribution >= 4 is 35.0 Å². The van der Waals surface area contributed by atoms with Crippen molar-refractivity contribution in [2.75, 3.05) is 44.2 Å². The number of hydrazine groups is 1. The van der Waals surface area contributed by atoms with E-state index in [1.165, 1.54) is 11.3 Å². The lowest BCUT2D eigenvalue weighted by atomic mass is 9.98. The van der Waals surface area contributed by atoms with Gasteiger partial charge in [-0.15, -0.1) is 11.3 Å². The Morgan fingerprint density at radius 2 is 1.65 bits per heavy atom. The summed E-state index contributed by atoms with van der Waals surface area (Å²) in [5, 5.41) is 2.59. The number of thiazole rings is 1. The van der Waals surface area contributed by atoms with Gasteiger partial charge >= 0.3 is 6.03 Å². The molecule has 0 radical (unpaired) electrons. The van der Waals surface area contributed by atoms with E-state index in [1.807, 2.05) is 28.0 Å². The fourth-order valence-corrected chi connectivity index (χ4v) is 5.67. The van der Waals surface area contributed by atoms with Crippen LogP contribution in [-0.2, 0) is 7.05 Å². The number of carbonyl (C=O) groups is 3. The van der Waals surface area contributed by atoms with Crippen LogP contribution >= 0.6 is 11.3 Å². The number of nitrogens with zero attached hydrogens (tertiary/aromatic N) is 6. The number of nitrogens with one attached hydrogen (secondary N) is 2. The Hall–Kier alpha value is -3.93. The molecule has 194 valence electrons. The summed E-state index contributed by atoms with van der Waals surface area (Å²) in [6.07, 6.45) is 5.15. The molecule has 11 nitrogen and oxygen atoms in total. The molecule has 2 N–H and O–H groups in total. The number of aryl methyl sites for hydroxylation is 1. The quantitative estimate of drug-likeness (QED) is 0.507. The van der Waals surface area contributed by atoms with Gasteiger partial charge < -0.3 is 19.3 Å². The van der Waals surface area contributed by atoms with Crippen LogP contribution in [0.15, 0.2) is 48.1 Å². The number of piperazine rings is 1. The highest BCUT2D eigenvalue weighted by molar-refractivity contribution is 7.09. The Morgan fingerprint density at radius 3 is 2.32 bits per heavy atom. The second-order valence-electron chi connectivity index (χ2n) is 9.19. The first-order chi connectivity index (χ1) is 18.0. The SMILES string of the molecule is Cn1cccc1C(=O)NNC(=O)c1csc(C2CCN(C(=O)N3CCN(c4ccccn4)CC3)CC2)n1. The Bertz CT molecular complexity index is 1240. The Morgan fingerprint density at radius 1 is 0.919 bits per heavy atom. The van der Waals surface area contributed by atoms with Gasteiger partial charge in [0.2, 0.25) is 0 Å². The Kier molecular flexibility index (Phi) is 7.35. The molecule has 2 saturated heterocycles. The van der Waals surface area contributed by atoms with E-state index in [0.717, 1.165) is 36.8 Å². The minimum atomic E-state index is -0.456. The van der Waals surface area contributed by atoms with Crippen molar-refractivity contribution in [1.82, 2.24) is 35.2 Å². The van der Waals surface area contributed by atoms with Crippen molar-refractivity contribution in [3.63, 3.8) is 0 Å². The van der Waals surface area contributed by atoms with Crippen LogP contribution in [0.4, 0.5) is 10.6 Å². The molecule has 0 atom stereocenters. The topological polar surface area (TPSA) is 116 Å². The van der Waals surface area contributed by atoms with E-state index in [0.29, 0.717) is 31.9 Å². The third-order valence-corrected chi connectivity index (χ3v) is 7.87. The number of hydrogen-bond acceptors (Lipinski definition) is 7. The number of amides is 4. The second kappa shape index (κ2) is 11.0. The number of hydrogen-bond donors (Lipinski definition) is 2. The predicted octanol–water partition coefficient (Wildman–Crippen LogP) is 2.07. The van der Waals surface area contributed by atoms with Crippen LogP contribution < -0.4 is 15.8 Å². The summed E-state index contributed by atoms with van der Waals surface area (Å²) >= 11 is 1.44. The molecule has 2 aliphatic rings. The van der Waals surface area contributed by atoms with Gasteiger partial charge in [0.05, 0.1) is 5.01 Å². The summed E-state index contributed by atoms with van der Waals surface area (Å²) < 4.78 is 1.67. The number of rotatable bonds is 4. The van der Waals surface area contributed by atoms with Crippen molar-refractivity contribution in [3.8, 4) is 0 Å². The number of carbonyl (C=O) groups excluding carboxylic acids is 3. The van der Waals surface area contributed by atoms with Crippen LogP contribution in [0.3, 0.4) is 0 Å². The van der Waals surface area contributed by atoms with Crippen LogP contribution in [0.5, 0.6) is 0 Å². The maximum Gasteiger partial charge on any atom is 0.320 e. The van der Waals surface area contributed by atoms with E-state index < -0.39 is 11.8 Å². The molecule has 3 aromatic heterocycles. The molecule has 2 fully saturated rings. The smallest absolute Gasteiger partial charge is 0.320 e. The van der Waals surface area contributed by atoms with Crippen LogP contribution in [0.1, 0.15) is 44.7 Å². The van der Waals surface area contributed by atoms with E-state index in [1.54, 1.807) is 41.5 Å². The van der Waals surface area contributed by atoms with Crippen LogP contribution in [0.2, 0.25) is 0 Å². The molecular formula is C25H30N8O3S. The molecular weight excluding hydrogens is 492 g/mol. The van der Waals surface area contributed by atoms with Gasteiger partial charge in [0.1, 0.15) is 17.2 Å². The van der Waals surface area contributed by atoms with Crippen LogP contribution in [0.25, 0.3) is 0 Å². The molecule has 0 aromatic carbocycles. The number of aromatic nitrogens is 3. The lowest BCUT2D eigenvalue weighted by molar-refractivity contribution is 0.0839. The Labute approximate surface area is 219 Å². The average Bonchev–Trinajstić information content (AvgIpc) is 3.61. The van der Waals surface area contributed by atoms with Crippen molar-refractivity contribution in [2.45, 2.75) is 18.8 Å². The van der Waals surface area contributed by atoms with Gasteiger partial charge in [-0.05, 0) is 37.1 Å². The van der Waals surface area contributed by atoms with Gasteiger partial charge in [0.15, 0.2) is 0 Å². The third kappa shape index (κ3) is 5.58. The van der Waals surface area contributed by atoms with Crippen molar-refractivity contribution < 1.29 is 14.4 Å². The van der Waals surface area contributed by atoms with E-state index in [4.69, 9.17) is 0 Å². The molecule has 3 aromatic rings. The van der Waals surface area contributed by atoms with Gasteiger partial charge in [0, 0.05) is 70.0 Å². The minimum Gasteiger partial charge on any atom is -0.353 e. The predicted molar refractivity (Wildman–Crippen MR) is 139 cm³/mol. The van der Waals surface area contributed by atoms with E-state index >= 15 is 0 Å². The summed E-state index contributed by atoms with van der Waals surface area (Å²) in [5.41, 5.74) is 5.57. The zero-order valence-electron chi connectivity index (χ0n) is 20.7. The highest BCUT2D eigenvalue weighted by Crippen LogP contribution is 2.31. The minimum absolute atomic E-state index is 0.0901. The van der Waals surface area contributed by atoms with E-state index in [9.17, 15) is 14.4 Å². The average molecular weight is 523 g/mol. The maximum absolute atomic E-state index is 13.1. The highest BCUT2D eigenvalue weighted by atomic mass is 32.1. The van der Waals surface area contributed by atoms with Gasteiger partial charge in [-0.3, -0.25) is 20.4 Å². The summed E-state index contributed by atoms with van der Waals surface area (Å²) in [6, 6.07) is 9.39. The summed E-state index contributed by atoms with van der Waals surface area (Å²) in [6.45, 7) is 4.24. The fourth-order valence-electron chi connectivity index (χ4n) is 4.70. The molecule has 2 aliphatic heterocycles. The molecule has 5 rings (SSSR count). The Balaban J connectivity index is 1.08. The van der Waals surface area contributed by atoms with Crippen molar-refractivity contribution in [3.05, 3.63) is 64.5 Å². The van der Waals surface area contributed by atoms with Crippen molar-refractivity contribution in [1.29, 1.82) is 0 Å². The number of anilines is 1. The number of likely N-dealkylation sites (tertiary alicyclic amines) is 1. The number of urea groups is 1. The lowest BCUT2D eigenvalue weighted by Crippen LogP contribution is -2.54. The normalized spacial score (nSPS) is 16.5. The number of piperidine rings is 1. The van der Waals surface area contributed by atoms with Crippen LogP contribution in [0, 0.1) is 0 Å². The second-order valence-corrected chi connectivity index (χ2v) is 10.1. The molecule has 12 heteroatoms. The zero-order valence-corrected chi connectivity index (χ0v) is 21.5. The molecule has 0 spiro atoms. The van der Waals surface area contributed by atoms with Gasteiger partial charge in [0.25, 0.3) is 11.8 Å². The zero-order chi connectivity index (χ0) is 25.8. The third-order valence-electron chi connectivity index (χ3n) is 6.86. The first-order valence-electron chi connectivity index (χ1n) is 12.4. The molecule has 0 saturated carbocycles. The highest BCUT2D eigenvalue weighted by Gasteiger charge is 2.30. The van der Waals surface area contributed by atoms with Gasteiger partial charge in [-0.25, -0.2) is 14.8 Å². The lowest BCUT2D eigenvalue weighted by Gasteiger charge is -2.39. The molecule has 0 aliphatic carbocycles.